The van der Waals surface area contributed by atoms with Crippen LogP contribution in [0.15, 0.2) is 12.1 Å². The van der Waals surface area contributed by atoms with Gasteiger partial charge in [0.2, 0.25) is 11.9 Å². The number of anilines is 2. The van der Waals surface area contributed by atoms with Crippen molar-refractivity contribution in [2.24, 2.45) is 0 Å². The second kappa shape index (κ2) is 4.54. The van der Waals surface area contributed by atoms with E-state index in [0.29, 0.717) is 16.9 Å². The SMILES string of the molecule is CC(C)Nc1nc(N)n(-c2ccc(Cl)nn2)n1. The summed E-state index contributed by atoms with van der Waals surface area (Å²) in [5.41, 5.74) is 5.74. The van der Waals surface area contributed by atoms with Gasteiger partial charge in [-0.25, -0.2) is 0 Å². The van der Waals surface area contributed by atoms with Gasteiger partial charge in [0.25, 0.3) is 0 Å². The minimum absolute atomic E-state index is 0.224. The lowest BCUT2D eigenvalue weighted by Gasteiger charge is -2.03. The molecule has 0 atom stereocenters. The highest BCUT2D eigenvalue weighted by molar-refractivity contribution is 6.29. The van der Waals surface area contributed by atoms with Gasteiger partial charge in [-0.15, -0.1) is 15.3 Å². The molecule has 0 aliphatic rings. The molecule has 0 aromatic carbocycles. The molecule has 2 aromatic rings. The van der Waals surface area contributed by atoms with Crippen LogP contribution in [0, 0.1) is 0 Å². The van der Waals surface area contributed by atoms with Gasteiger partial charge in [0.15, 0.2) is 11.0 Å². The van der Waals surface area contributed by atoms with Crippen LogP contribution in [0.4, 0.5) is 11.9 Å². The maximum absolute atomic E-state index is 5.74. The predicted octanol–water partition coefficient (Wildman–Crippen LogP) is 1.11. The van der Waals surface area contributed by atoms with E-state index in [9.17, 15) is 0 Å². The van der Waals surface area contributed by atoms with Gasteiger partial charge in [-0.1, -0.05) is 11.6 Å². The summed E-state index contributed by atoms with van der Waals surface area (Å²) < 4.78 is 1.40. The number of aromatic nitrogens is 5. The van der Waals surface area contributed by atoms with E-state index in [2.05, 4.69) is 25.6 Å². The molecule has 2 heterocycles. The Labute approximate surface area is 103 Å². The van der Waals surface area contributed by atoms with E-state index in [1.54, 1.807) is 12.1 Å². The monoisotopic (exact) mass is 253 g/mol. The molecule has 0 aliphatic carbocycles. The Morgan fingerprint density at radius 1 is 1.35 bits per heavy atom. The highest BCUT2D eigenvalue weighted by Crippen LogP contribution is 2.12. The summed E-state index contributed by atoms with van der Waals surface area (Å²) in [6.07, 6.45) is 0. The standard InChI is InChI=1S/C9H12ClN7/c1-5(2)12-9-13-8(11)17(16-9)7-4-3-6(10)14-15-7/h3-5H,1-2H3,(H3,11,12,13,16). The molecule has 7 nitrogen and oxygen atoms in total. The number of nitrogens with zero attached hydrogens (tertiary/aromatic N) is 5. The van der Waals surface area contributed by atoms with Gasteiger partial charge in [-0.05, 0) is 26.0 Å². The number of nitrogens with one attached hydrogen (secondary N) is 1. The lowest BCUT2D eigenvalue weighted by atomic mass is 10.4. The van der Waals surface area contributed by atoms with Gasteiger partial charge in [0.1, 0.15) is 0 Å². The fourth-order valence-corrected chi connectivity index (χ4v) is 1.33. The Kier molecular flexibility index (Phi) is 3.10. The Bertz CT molecular complexity index is 505. The van der Waals surface area contributed by atoms with Crippen molar-refractivity contribution in [2.75, 3.05) is 11.1 Å². The Hall–Kier alpha value is -1.89. The first kappa shape index (κ1) is 11.6. The van der Waals surface area contributed by atoms with Crippen LogP contribution in [0.2, 0.25) is 5.15 Å². The summed E-state index contributed by atoms with van der Waals surface area (Å²) in [6.45, 7) is 3.97. The first-order valence-corrected chi connectivity index (χ1v) is 5.42. The lowest BCUT2D eigenvalue weighted by Crippen LogP contribution is -2.11. The zero-order chi connectivity index (χ0) is 12.4. The topological polar surface area (TPSA) is 94.5 Å². The molecular formula is C9H12ClN7. The molecule has 0 saturated carbocycles. The zero-order valence-corrected chi connectivity index (χ0v) is 10.2. The van der Waals surface area contributed by atoms with Crippen LogP contribution in [-0.2, 0) is 0 Å². The predicted molar refractivity (Wildman–Crippen MR) is 65.1 cm³/mol. The molecule has 0 bridgehead atoms. The van der Waals surface area contributed by atoms with E-state index < -0.39 is 0 Å². The van der Waals surface area contributed by atoms with Crippen LogP contribution in [0.25, 0.3) is 5.82 Å². The summed E-state index contributed by atoms with van der Waals surface area (Å²) in [5, 5.41) is 15.1. The fraction of sp³-hybridized carbons (Fsp3) is 0.333. The van der Waals surface area contributed by atoms with Crippen molar-refractivity contribution < 1.29 is 0 Å². The molecule has 3 N–H and O–H groups in total. The third kappa shape index (κ3) is 2.62. The second-order valence-electron chi connectivity index (χ2n) is 3.72. The van der Waals surface area contributed by atoms with E-state index in [-0.39, 0.29) is 12.0 Å². The highest BCUT2D eigenvalue weighted by atomic mass is 35.5. The second-order valence-corrected chi connectivity index (χ2v) is 4.11. The van der Waals surface area contributed by atoms with Gasteiger partial charge < -0.3 is 11.1 Å². The van der Waals surface area contributed by atoms with Gasteiger partial charge in [0, 0.05) is 6.04 Å². The van der Waals surface area contributed by atoms with E-state index in [0.717, 1.165) is 0 Å². The Morgan fingerprint density at radius 2 is 2.12 bits per heavy atom. The van der Waals surface area contributed by atoms with Crippen molar-refractivity contribution in [1.29, 1.82) is 0 Å². The largest absolute Gasteiger partial charge is 0.368 e. The molecule has 0 amide bonds. The van der Waals surface area contributed by atoms with Crippen molar-refractivity contribution >= 4 is 23.5 Å². The number of hydrogen-bond acceptors (Lipinski definition) is 6. The third-order valence-electron chi connectivity index (χ3n) is 1.88. The number of nitrogens with two attached hydrogens (primary N) is 1. The average molecular weight is 254 g/mol. The molecule has 0 saturated heterocycles. The van der Waals surface area contributed by atoms with Gasteiger partial charge in [-0.3, -0.25) is 0 Å². The Morgan fingerprint density at radius 3 is 2.71 bits per heavy atom. The summed E-state index contributed by atoms with van der Waals surface area (Å²) in [5.74, 6) is 1.16. The quantitative estimate of drug-likeness (QED) is 0.851. The van der Waals surface area contributed by atoms with Crippen LogP contribution in [0.1, 0.15) is 13.8 Å². The first-order chi connectivity index (χ1) is 8.06. The van der Waals surface area contributed by atoms with Crippen molar-refractivity contribution in [1.82, 2.24) is 25.0 Å². The van der Waals surface area contributed by atoms with Crippen LogP contribution >= 0.6 is 11.6 Å². The Balaban J connectivity index is 2.32. The van der Waals surface area contributed by atoms with E-state index in [4.69, 9.17) is 17.3 Å². The number of rotatable bonds is 3. The lowest BCUT2D eigenvalue weighted by molar-refractivity contribution is 0.811. The van der Waals surface area contributed by atoms with Crippen LogP contribution < -0.4 is 11.1 Å². The molecular weight excluding hydrogens is 242 g/mol. The minimum atomic E-state index is 0.224. The van der Waals surface area contributed by atoms with E-state index >= 15 is 0 Å². The van der Waals surface area contributed by atoms with Crippen molar-refractivity contribution in [3.63, 3.8) is 0 Å². The zero-order valence-electron chi connectivity index (χ0n) is 9.42. The van der Waals surface area contributed by atoms with Crippen LogP contribution in [0.5, 0.6) is 0 Å². The molecule has 17 heavy (non-hydrogen) atoms. The maximum atomic E-state index is 5.74. The molecule has 90 valence electrons. The van der Waals surface area contributed by atoms with Gasteiger partial charge >= 0.3 is 0 Å². The summed E-state index contributed by atoms with van der Waals surface area (Å²) in [6, 6.07) is 3.50. The molecule has 0 radical (unpaired) electrons. The fourth-order valence-electron chi connectivity index (χ4n) is 1.23. The number of halogens is 1. The molecule has 8 heteroatoms. The van der Waals surface area contributed by atoms with Crippen LogP contribution in [0.3, 0.4) is 0 Å². The summed E-state index contributed by atoms with van der Waals surface area (Å²) in [4.78, 5) is 4.07. The van der Waals surface area contributed by atoms with E-state index in [1.807, 2.05) is 13.8 Å². The molecule has 0 spiro atoms. The average Bonchev–Trinajstić information content (AvgIpc) is 2.59. The smallest absolute Gasteiger partial charge is 0.244 e. The minimum Gasteiger partial charge on any atom is -0.368 e. The van der Waals surface area contributed by atoms with Gasteiger partial charge in [-0.2, -0.15) is 9.67 Å². The molecule has 0 fully saturated rings. The number of nitrogen functional groups attached to an aromatic ring is 1. The number of hydrogen-bond donors (Lipinski definition) is 2. The first-order valence-electron chi connectivity index (χ1n) is 5.05. The van der Waals surface area contributed by atoms with Gasteiger partial charge in [0.05, 0.1) is 0 Å². The summed E-state index contributed by atoms with van der Waals surface area (Å²) >= 11 is 5.65. The molecule has 0 aliphatic heterocycles. The maximum Gasteiger partial charge on any atom is 0.244 e. The van der Waals surface area contributed by atoms with Crippen molar-refractivity contribution in [2.45, 2.75) is 19.9 Å². The normalized spacial score (nSPS) is 10.8. The summed E-state index contributed by atoms with van der Waals surface area (Å²) in [7, 11) is 0. The van der Waals surface area contributed by atoms with E-state index in [1.165, 1.54) is 4.68 Å². The highest BCUT2D eigenvalue weighted by Gasteiger charge is 2.10. The third-order valence-corrected chi connectivity index (χ3v) is 2.09. The van der Waals surface area contributed by atoms with Crippen molar-refractivity contribution in [3.05, 3.63) is 17.3 Å². The molecule has 0 unspecified atom stereocenters. The van der Waals surface area contributed by atoms with Crippen molar-refractivity contribution in [3.8, 4) is 5.82 Å². The van der Waals surface area contributed by atoms with Crippen LogP contribution in [-0.4, -0.2) is 31.0 Å². The molecule has 2 aromatic heterocycles. The molecule has 2 rings (SSSR count).